The summed E-state index contributed by atoms with van der Waals surface area (Å²) in [4.78, 5) is 16.8. The Labute approximate surface area is 180 Å². The molecule has 162 valence electrons. The molecule has 0 saturated carbocycles. The first-order chi connectivity index (χ1) is 14.5. The van der Waals surface area contributed by atoms with Crippen LogP contribution in [0, 0.1) is 10.8 Å². The molecule has 0 radical (unpaired) electrons. The molecular weight excluding hydrogens is 406 g/mol. The van der Waals surface area contributed by atoms with Gasteiger partial charge in [0.15, 0.2) is 11.5 Å². The van der Waals surface area contributed by atoms with E-state index in [0.29, 0.717) is 41.4 Å². The van der Waals surface area contributed by atoms with Crippen LogP contribution in [0.15, 0.2) is 22.6 Å². The van der Waals surface area contributed by atoms with Gasteiger partial charge in [-0.2, -0.15) is 0 Å². The van der Waals surface area contributed by atoms with Gasteiger partial charge in [0.1, 0.15) is 0 Å². The van der Waals surface area contributed by atoms with Crippen molar-refractivity contribution >= 4 is 18.1 Å². The summed E-state index contributed by atoms with van der Waals surface area (Å²) in [6.07, 6.45) is 0. The maximum atomic E-state index is 12.0. The summed E-state index contributed by atoms with van der Waals surface area (Å²) in [7, 11) is 0. The summed E-state index contributed by atoms with van der Waals surface area (Å²) in [6.45, 7) is 9.45. The average Bonchev–Trinajstić information content (AvgIpc) is 3.34. The van der Waals surface area contributed by atoms with Crippen LogP contribution in [-0.4, -0.2) is 71.5 Å². The Morgan fingerprint density at radius 3 is 2.67 bits per heavy atom. The van der Waals surface area contributed by atoms with E-state index in [9.17, 15) is 4.79 Å². The molecule has 9 nitrogen and oxygen atoms in total. The number of aromatic nitrogens is 2. The van der Waals surface area contributed by atoms with Crippen LogP contribution >= 0.6 is 12.2 Å². The summed E-state index contributed by atoms with van der Waals surface area (Å²) in [6, 6.07) is 5.56. The molecule has 2 aliphatic heterocycles. The highest BCUT2D eigenvalue weighted by molar-refractivity contribution is 7.71. The van der Waals surface area contributed by atoms with Gasteiger partial charge >= 0.3 is 0 Å². The summed E-state index contributed by atoms with van der Waals surface area (Å²) in [5.41, 5.74) is 0.793. The van der Waals surface area contributed by atoms with Crippen LogP contribution in [0.25, 0.3) is 11.5 Å². The molecule has 2 aromatic rings. The first-order valence-electron chi connectivity index (χ1n) is 10.2. The molecule has 2 aliphatic rings. The number of ether oxygens (including phenoxy) is 2. The monoisotopic (exact) mass is 433 g/mol. The first kappa shape index (κ1) is 20.8. The van der Waals surface area contributed by atoms with E-state index < -0.39 is 0 Å². The second-order valence-corrected chi connectivity index (χ2v) is 8.32. The molecule has 0 spiro atoms. The molecule has 1 amide bonds. The van der Waals surface area contributed by atoms with Crippen molar-refractivity contribution in [2.75, 3.05) is 46.1 Å². The van der Waals surface area contributed by atoms with Crippen molar-refractivity contribution < 1.29 is 18.7 Å². The Kier molecular flexibility index (Phi) is 6.35. The third-order valence-electron chi connectivity index (χ3n) is 5.10. The van der Waals surface area contributed by atoms with Gasteiger partial charge in [-0.05, 0) is 36.3 Å². The van der Waals surface area contributed by atoms with Gasteiger partial charge in [0.2, 0.25) is 18.6 Å². The normalized spacial score (nSPS) is 16.9. The highest BCUT2D eigenvalue weighted by Gasteiger charge is 2.21. The molecule has 1 fully saturated rings. The zero-order chi connectivity index (χ0) is 21.1. The molecule has 10 heteroatoms. The molecule has 0 bridgehead atoms. The zero-order valence-corrected chi connectivity index (χ0v) is 18.1. The molecule has 0 unspecified atom stereocenters. The lowest BCUT2D eigenvalue weighted by atomic mass is 10.2. The number of nitrogens with one attached hydrogen (secondary N) is 1. The van der Waals surface area contributed by atoms with E-state index in [1.165, 1.54) is 0 Å². The molecule has 1 aromatic heterocycles. The van der Waals surface area contributed by atoms with Crippen molar-refractivity contribution in [3.05, 3.63) is 23.0 Å². The largest absolute Gasteiger partial charge is 0.454 e. The maximum absolute atomic E-state index is 12.0. The molecular formula is C20H27N5O4S. The van der Waals surface area contributed by atoms with Gasteiger partial charge in [-0.15, -0.1) is 5.10 Å². The molecule has 0 atom stereocenters. The molecule has 1 aromatic carbocycles. The Bertz CT molecular complexity index is 949. The van der Waals surface area contributed by atoms with Gasteiger partial charge < -0.3 is 19.2 Å². The lowest BCUT2D eigenvalue weighted by molar-refractivity contribution is -0.122. The fourth-order valence-corrected chi connectivity index (χ4v) is 3.57. The van der Waals surface area contributed by atoms with Gasteiger partial charge in [0.05, 0.1) is 13.2 Å². The third kappa shape index (κ3) is 5.00. The van der Waals surface area contributed by atoms with Crippen LogP contribution in [-0.2, 0) is 11.5 Å². The summed E-state index contributed by atoms with van der Waals surface area (Å²) < 4.78 is 18.2. The minimum absolute atomic E-state index is 0.0873. The van der Waals surface area contributed by atoms with Gasteiger partial charge in [0, 0.05) is 38.3 Å². The Hall–Kier alpha value is -2.43. The standard InChI is InChI=1S/C20H27N5O4S/c1-14(2)10-21-18(26)11-23-5-7-24(8-6-23)12-25-20(30)29-19(22-25)15-3-4-16-17(9-15)28-13-27-16/h3-4,9,14H,5-8,10-13H2,1-2H3,(H,21,26). The number of carbonyl (C=O) groups excluding carboxylic acids is 1. The van der Waals surface area contributed by atoms with Crippen LogP contribution in [0.3, 0.4) is 0 Å². The van der Waals surface area contributed by atoms with Crippen molar-refractivity contribution in [1.29, 1.82) is 0 Å². The second kappa shape index (κ2) is 9.15. The highest BCUT2D eigenvalue weighted by atomic mass is 32.1. The number of nitrogens with zero attached hydrogens (tertiary/aromatic N) is 4. The van der Waals surface area contributed by atoms with E-state index >= 15 is 0 Å². The van der Waals surface area contributed by atoms with Gasteiger partial charge in [-0.3, -0.25) is 14.6 Å². The third-order valence-corrected chi connectivity index (χ3v) is 5.39. The molecule has 30 heavy (non-hydrogen) atoms. The van der Waals surface area contributed by atoms with Crippen LogP contribution in [0.2, 0.25) is 0 Å². The smallest absolute Gasteiger partial charge is 0.288 e. The van der Waals surface area contributed by atoms with Crippen molar-refractivity contribution in [2.45, 2.75) is 20.5 Å². The molecule has 4 rings (SSSR count). The van der Waals surface area contributed by atoms with Gasteiger partial charge in [-0.25, -0.2) is 4.68 Å². The van der Waals surface area contributed by atoms with E-state index in [4.69, 9.17) is 26.1 Å². The highest BCUT2D eigenvalue weighted by Crippen LogP contribution is 2.35. The van der Waals surface area contributed by atoms with Crippen molar-refractivity contribution in [3.63, 3.8) is 0 Å². The predicted molar refractivity (Wildman–Crippen MR) is 113 cm³/mol. The predicted octanol–water partition coefficient (Wildman–Crippen LogP) is 1.95. The minimum atomic E-state index is 0.0873. The van der Waals surface area contributed by atoms with Crippen LogP contribution in [0.5, 0.6) is 11.5 Å². The number of fused-ring (bicyclic) bond motifs is 1. The van der Waals surface area contributed by atoms with Crippen LogP contribution in [0.4, 0.5) is 0 Å². The van der Waals surface area contributed by atoms with Crippen LogP contribution < -0.4 is 14.8 Å². The zero-order valence-electron chi connectivity index (χ0n) is 17.3. The number of rotatable bonds is 7. The molecule has 1 saturated heterocycles. The van der Waals surface area contributed by atoms with E-state index in [1.807, 2.05) is 18.2 Å². The molecule has 1 N–H and O–H groups in total. The first-order valence-corrected chi connectivity index (χ1v) is 10.6. The van der Waals surface area contributed by atoms with E-state index in [1.54, 1.807) is 4.68 Å². The minimum Gasteiger partial charge on any atom is -0.454 e. The number of benzene rings is 1. The van der Waals surface area contributed by atoms with E-state index in [2.05, 4.69) is 34.1 Å². The SMILES string of the molecule is CC(C)CNC(=O)CN1CCN(Cn2nc(-c3ccc4c(c3)OCO4)oc2=S)CC1. The van der Waals surface area contributed by atoms with Crippen molar-refractivity contribution in [2.24, 2.45) is 5.92 Å². The lowest BCUT2D eigenvalue weighted by Crippen LogP contribution is -2.50. The average molecular weight is 434 g/mol. The maximum Gasteiger partial charge on any atom is 0.288 e. The number of hydrogen-bond acceptors (Lipinski definition) is 8. The van der Waals surface area contributed by atoms with E-state index in [-0.39, 0.29) is 12.7 Å². The topological polar surface area (TPSA) is 85.0 Å². The van der Waals surface area contributed by atoms with Gasteiger partial charge in [0.25, 0.3) is 4.84 Å². The van der Waals surface area contributed by atoms with Crippen LogP contribution in [0.1, 0.15) is 13.8 Å². The lowest BCUT2D eigenvalue weighted by Gasteiger charge is -2.33. The Morgan fingerprint density at radius 2 is 1.90 bits per heavy atom. The van der Waals surface area contributed by atoms with Gasteiger partial charge in [-0.1, -0.05) is 13.8 Å². The fourth-order valence-electron chi connectivity index (χ4n) is 3.40. The fraction of sp³-hybridized carbons (Fsp3) is 0.550. The quantitative estimate of drug-likeness (QED) is 0.664. The van der Waals surface area contributed by atoms with E-state index in [0.717, 1.165) is 38.3 Å². The Morgan fingerprint density at radius 1 is 1.17 bits per heavy atom. The number of amides is 1. The molecule has 3 heterocycles. The summed E-state index contributed by atoms with van der Waals surface area (Å²) in [5.74, 6) is 2.40. The number of carbonyl (C=O) groups is 1. The second-order valence-electron chi connectivity index (χ2n) is 7.97. The number of hydrogen-bond donors (Lipinski definition) is 1. The van der Waals surface area contributed by atoms with Crippen molar-refractivity contribution in [3.8, 4) is 23.0 Å². The van der Waals surface area contributed by atoms with Crippen molar-refractivity contribution in [1.82, 2.24) is 24.9 Å². The Balaban J connectivity index is 1.31. The number of piperazine rings is 1. The molecule has 0 aliphatic carbocycles. The summed E-state index contributed by atoms with van der Waals surface area (Å²) in [5, 5.41) is 7.51. The summed E-state index contributed by atoms with van der Waals surface area (Å²) >= 11 is 5.36.